The Bertz CT molecular complexity index is 977. The van der Waals surface area contributed by atoms with Crippen LogP contribution in [0, 0.1) is 12.7 Å². The predicted octanol–water partition coefficient (Wildman–Crippen LogP) is 7.03. The van der Waals surface area contributed by atoms with Crippen LogP contribution in [0.25, 0.3) is 0 Å². The van der Waals surface area contributed by atoms with Gasteiger partial charge in [0.15, 0.2) is 11.5 Å². The number of halogens is 3. The number of hydrogen-bond donors (Lipinski definition) is 1. The lowest BCUT2D eigenvalue weighted by atomic mass is 10.1. The minimum absolute atomic E-state index is 0.263. The van der Waals surface area contributed by atoms with Crippen LogP contribution in [0.3, 0.4) is 0 Å². The SMILES string of the molecule is CCOc1cc(CNc2ccc(C)c(Cl)c2)cc(Cl)c1OCc1ccc(F)cc1. The fraction of sp³-hybridized carbons (Fsp3) is 0.217. The van der Waals surface area contributed by atoms with Gasteiger partial charge in [-0.05, 0) is 66.9 Å². The monoisotopic (exact) mass is 433 g/mol. The Labute approximate surface area is 180 Å². The number of benzene rings is 3. The fourth-order valence-electron chi connectivity index (χ4n) is 2.77. The van der Waals surface area contributed by atoms with Crippen molar-refractivity contribution in [3.8, 4) is 11.5 Å². The Balaban J connectivity index is 1.74. The van der Waals surface area contributed by atoms with Gasteiger partial charge in [-0.2, -0.15) is 0 Å². The van der Waals surface area contributed by atoms with Crippen molar-refractivity contribution < 1.29 is 13.9 Å². The second kappa shape index (κ2) is 9.86. The van der Waals surface area contributed by atoms with Crippen LogP contribution in [0.2, 0.25) is 10.0 Å². The van der Waals surface area contributed by atoms with E-state index in [1.807, 2.05) is 44.2 Å². The van der Waals surface area contributed by atoms with Crippen molar-refractivity contribution in [3.05, 3.63) is 87.2 Å². The maximum absolute atomic E-state index is 13.1. The molecular formula is C23H22Cl2FNO2. The van der Waals surface area contributed by atoms with Crippen LogP contribution in [0.15, 0.2) is 54.6 Å². The van der Waals surface area contributed by atoms with Crippen molar-refractivity contribution in [1.29, 1.82) is 0 Å². The number of nitrogens with one attached hydrogen (secondary N) is 1. The van der Waals surface area contributed by atoms with Gasteiger partial charge in [0.25, 0.3) is 0 Å². The Hall–Kier alpha value is -2.43. The summed E-state index contributed by atoms with van der Waals surface area (Å²) < 4.78 is 24.7. The maximum atomic E-state index is 13.1. The smallest absolute Gasteiger partial charge is 0.180 e. The molecular weight excluding hydrogens is 412 g/mol. The molecule has 0 aliphatic carbocycles. The molecule has 0 saturated heterocycles. The van der Waals surface area contributed by atoms with E-state index < -0.39 is 0 Å². The molecule has 152 valence electrons. The summed E-state index contributed by atoms with van der Waals surface area (Å²) in [7, 11) is 0. The van der Waals surface area contributed by atoms with Gasteiger partial charge in [0.1, 0.15) is 12.4 Å². The third kappa shape index (κ3) is 5.78. The largest absolute Gasteiger partial charge is 0.490 e. The number of aryl methyl sites for hydroxylation is 1. The molecule has 1 N–H and O–H groups in total. The summed E-state index contributed by atoms with van der Waals surface area (Å²) in [6, 6.07) is 15.7. The molecule has 0 fully saturated rings. The van der Waals surface area contributed by atoms with Crippen molar-refractivity contribution in [1.82, 2.24) is 0 Å². The first-order valence-electron chi connectivity index (χ1n) is 9.28. The van der Waals surface area contributed by atoms with Gasteiger partial charge in [-0.15, -0.1) is 0 Å². The molecule has 0 unspecified atom stereocenters. The van der Waals surface area contributed by atoms with Gasteiger partial charge in [-0.25, -0.2) is 4.39 Å². The normalized spacial score (nSPS) is 10.7. The second-order valence-electron chi connectivity index (χ2n) is 6.57. The van der Waals surface area contributed by atoms with Gasteiger partial charge in [-0.1, -0.05) is 41.4 Å². The maximum Gasteiger partial charge on any atom is 0.180 e. The summed E-state index contributed by atoms with van der Waals surface area (Å²) in [5.74, 6) is 0.759. The zero-order chi connectivity index (χ0) is 20.8. The minimum Gasteiger partial charge on any atom is -0.490 e. The lowest BCUT2D eigenvalue weighted by molar-refractivity contribution is 0.269. The standard InChI is InChI=1S/C23H22Cl2FNO2/c1-3-28-22-11-17(13-27-19-9-4-15(2)20(24)12-19)10-21(25)23(22)29-14-16-5-7-18(26)8-6-16/h4-12,27H,3,13-14H2,1-2H3. The van der Waals surface area contributed by atoms with Crippen LogP contribution in [0.5, 0.6) is 11.5 Å². The van der Waals surface area contributed by atoms with Crippen molar-refractivity contribution in [2.75, 3.05) is 11.9 Å². The molecule has 3 nitrogen and oxygen atoms in total. The van der Waals surface area contributed by atoms with Crippen LogP contribution < -0.4 is 14.8 Å². The van der Waals surface area contributed by atoms with E-state index in [1.54, 1.807) is 12.1 Å². The molecule has 3 aromatic rings. The number of rotatable bonds is 8. The van der Waals surface area contributed by atoms with Crippen molar-refractivity contribution in [2.24, 2.45) is 0 Å². The summed E-state index contributed by atoms with van der Waals surface area (Å²) in [4.78, 5) is 0. The number of hydrogen-bond acceptors (Lipinski definition) is 3. The van der Waals surface area contributed by atoms with Crippen molar-refractivity contribution >= 4 is 28.9 Å². The average Bonchev–Trinajstić information content (AvgIpc) is 2.70. The molecule has 0 aliphatic heterocycles. The van der Waals surface area contributed by atoms with Crippen LogP contribution >= 0.6 is 23.2 Å². The van der Waals surface area contributed by atoms with E-state index in [2.05, 4.69) is 5.32 Å². The molecule has 29 heavy (non-hydrogen) atoms. The summed E-state index contributed by atoms with van der Waals surface area (Å²) in [6.45, 7) is 5.16. The van der Waals surface area contributed by atoms with E-state index in [-0.39, 0.29) is 12.4 Å². The van der Waals surface area contributed by atoms with Crippen LogP contribution in [0.4, 0.5) is 10.1 Å². The molecule has 0 amide bonds. The van der Waals surface area contributed by atoms with Gasteiger partial charge >= 0.3 is 0 Å². The van der Waals surface area contributed by atoms with Gasteiger partial charge < -0.3 is 14.8 Å². The summed E-state index contributed by atoms with van der Waals surface area (Å²) in [5, 5.41) is 4.50. The topological polar surface area (TPSA) is 30.5 Å². The van der Waals surface area contributed by atoms with E-state index >= 15 is 0 Å². The van der Waals surface area contributed by atoms with Crippen LogP contribution in [0.1, 0.15) is 23.6 Å². The van der Waals surface area contributed by atoms with Crippen LogP contribution in [-0.4, -0.2) is 6.61 Å². The first-order valence-corrected chi connectivity index (χ1v) is 10.0. The van der Waals surface area contributed by atoms with E-state index in [0.717, 1.165) is 22.4 Å². The number of anilines is 1. The average molecular weight is 434 g/mol. The summed E-state index contributed by atoms with van der Waals surface area (Å²) in [6.07, 6.45) is 0. The van der Waals surface area contributed by atoms with Gasteiger partial charge in [0.2, 0.25) is 0 Å². The first-order chi connectivity index (χ1) is 14.0. The molecule has 0 bridgehead atoms. The lowest BCUT2D eigenvalue weighted by Gasteiger charge is -2.16. The highest BCUT2D eigenvalue weighted by Crippen LogP contribution is 2.37. The highest BCUT2D eigenvalue weighted by atomic mass is 35.5. The highest BCUT2D eigenvalue weighted by molar-refractivity contribution is 6.32. The van der Waals surface area contributed by atoms with E-state index in [9.17, 15) is 4.39 Å². The highest BCUT2D eigenvalue weighted by Gasteiger charge is 2.13. The second-order valence-corrected chi connectivity index (χ2v) is 7.38. The fourth-order valence-corrected chi connectivity index (χ4v) is 3.24. The Morgan fingerprint density at radius 1 is 0.897 bits per heavy atom. The van der Waals surface area contributed by atoms with Gasteiger partial charge in [-0.3, -0.25) is 0 Å². The Kier molecular flexibility index (Phi) is 7.24. The molecule has 3 rings (SSSR count). The van der Waals surface area contributed by atoms with E-state index in [4.69, 9.17) is 32.7 Å². The molecule has 0 saturated carbocycles. The molecule has 0 radical (unpaired) electrons. The van der Waals surface area contributed by atoms with E-state index in [1.165, 1.54) is 12.1 Å². The zero-order valence-corrected chi connectivity index (χ0v) is 17.8. The van der Waals surface area contributed by atoms with Crippen LogP contribution in [-0.2, 0) is 13.2 Å². The molecule has 0 heterocycles. The molecule has 0 aromatic heterocycles. The third-order valence-electron chi connectivity index (χ3n) is 4.33. The molecule has 0 aliphatic rings. The first kappa shape index (κ1) is 21.3. The molecule has 0 atom stereocenters. The Morgan fingerprint density at radius 2 is 1.66 bits per heavy atom. The third-order valence-corrected chi connectivity index (χ3v) is 5.02. The summed E-state index contributed by atoms with van der Waals surface area (Å²) >= 11 is 12.7. The Morgan fingerprint density at radius 3 is 2.34 bits per heavy atom. The van der Waals surface area contributed by atoms with Gasteiger partial charge in [0.05, 0.1) is 11.6 Å². The predicted molar refractivity (Wildman–Crippen MR) is 117 cm³/mol. The van der Waals surface area contributed by atoms with Crippen molar-refractivity contribution in [3.63, 3.8) is 0 Å². The minimum atomic E-state index is -0.284. The van der Waals surface area contributed by atoms with E-state index in [0.29, 0.717) is 34.7 Å². The zero-order valence-electron chi connectivity index (χ0n) is 16.3. The molecule has 6 heteroatoms. The van der Waals surface area contributed by atoms with Gasteiger partial charge in [0, 0.05) is 17.3 Å². The summed E-state index contributed by atoms with van der Waals surface area (Å²) in [5.41, 5.74) is 3.74. The number of ether oxygens (including phenoxy) is 2. The lowest BCUT2D eigenvalue weighted by Crippen LogP contribution is -2.04. The van der Waals surface area contributed by atoms with Crippen molar-refractivity contribution in [2.45, 2.75) is 27.0 Å². The quantitative estimate of drug-likeness (QED) is 0.413. The molecule has 3 aromatic carbocycles. The molecule has 0 spiro atoms.